The van der Waals surface area contributed by atoms with E-state index in [1.54, 1.807) is 22.1 Å². The van der Waals surface area contributed by atoms with E-state index in [4.69, 9.17) is 16.9 Å². The van der Waals surface area contributed by atoms with Gasteiger partial charge in [-0.1, -0.05) is 35.5 Å². The Labute approximate surface area is 157 Å². The van der Waals surface area contributed by atoms with E-state index in [2.05, 4.69) is 15.5 Å². The summed E-state index contributed by atoms with van der Waals surface area (Å²) in [5.74, 6) is 0.599. The van der Waals surface area contributed by atoms with Crippen LogP contribution in [0.15, 0.2) is 40.9 Å². The molecule has 1 N–H and O–H groups in total. The van der Waals surface area contributed by atoms with Crippen molar-refractivity contribution in [3.8, 4) is 17.5 Å². The van der Waals surface area contributed by atoms with Gasteiger partial charge in [0.1, 0.15) is 11.1 Å². The molecule has 0 spiro atoms. The van der Waals surface area contributed by atoms with Crippen molar-refractivity contribution in [2.24, 2.45) is 7.05 Å². The zero-order valence-corrected chi connectivity index (χ0v) is 15.5. The summed E-state index contributed by atoms with van der Waals surface area (Å²) in [5, 5.41) is 23.5. The highest BCUT2D eigenvalue weighted by Gasteiger charge is 2.15. The molecule has 9 heteroatoms. The minimum absolute atomic E-state index is 0.164. The maximum atomic E-state index is 12.1. The molecule has 3 aromatic rings. The Kier molecular flexibility index (Phi) is 5.38. The number of carbonyl (C=O) groups is 1. The quantitative estimate of drug-likeness (QED) is 0.671. The second kappa shape index (κ2) is 7.70. The number of thiophene rings is 1. The number of hydrogen-bond donors (Lipinski definition) is 1. The van der Waals surface area contributed by atoms with Gasteiger partial charge in [0.25, 0.3) is 0 Å². The first-order valence-corrected chi connectivity index (χ1v) is 9.39. The fourth-order valence-corrected chi connectivity index (χ4v) is 3.79. The number of amides is 1. The van der Waals surface area contributed by atoms with E-state index in [1.807, 2.05) is 31.3 Å². The number of rotatable bonds is 5. The molecule has 1 aromatic carbocycles. The standard InChI is InChI=1S/C16H12ClN5OS2/c1-22-14(11-4-2-3-5-12(11)17)20-21-16(22)25-9-13(23)19-15-10(8-18)6-7-24-15/h2-7H,9H2,1H3,(H,19,23). The van der Waals surface area contributed by atoms with Crippen LogP contribution in [0.4, 0.5) is 5.00 Å². The van der Waals surface area contributed by atoms with Crippen molar-refractivity contribution in [3.05, 3.63) is 46.3 Å². The van der Waals surface area contributed by atoms with Crippen LogP contribution >= 0.6 is 34.7 Å². The van der Waals surface area contributed by atoms with Crippen molar-refractivity contribution in [1.29, 1.82) is 5.26 Å². The van der Waals surface area contributed by atoms with Gasteiger partial charge in [-0.05, 0) is 23.6 Å². The number of hydrogen-bond acceptors (Lipinski definition) is 6. The van der Waals surface area contributed by atoms with Gasteiger partial charge in [0.05, 0.1) is 16.3 Å². The molecule has 6 nitrogen and oxygen atoms in total. The Bertz CT molecular complexity index is 960. The molecule has 25 heavy (non-hydrogen) atoms. The minimum Gasteiger partial charge on any atom is -0.316 e. The fourth-order valence-electron chi connectivity index (χ4n) is 2.10. The van der Waals surface area contributed by atoms with E-state index in [1.165, 1.54) is 23.1 Å². The second-order valence-corrected chi connectivity index (χ2v) is 7.22. The molecule has 0 bridgehead atoms. The van der Waals surface area contributed by atoms with Crippen LogP contribution in [0.5, 0.6) is 0 Å². The van der Waals surface area contributed by atoms with E-state index in [0.29, 0.717) is 26.6 Å². The normalized spacial score (nSPS) is 10.4. The molecule has 0 aliphatic heterocycles. The van der Waals surface area contributed by atoms with Crippen LogP contribution in [0.2, 0.25) is 5.02 Å². The monoisotopic (exact) mass is 389 g/mol. The first kappa shape index (κ1) is 17.5. The molecule has 126 valence electrons. The molecule has 1 amide bonds. The number of nitriles is 1. The third-order valence-electron chi connectivity index (χ3n) is 3.32. The maximum absolute atomic E-state index is 12.1. The minimum atomic E-state index is -0.203. The second-order valence-electron chi connectivity index (χ2n) is 4.96. The summed E-state index contributed by atoms with van der Waals surface area (Å²) in [6.07, 6.45) is 0. The van der Waals surface area contributed by atoms with Crippen molar-refractivity contribution < 1.29 is 4.79 Å². The highest BCUT2D eigenvalue weighted by molar-refractivity contribution is 7.99. The summed E-state index contributed by atoms with van der Waals surface area (Å²) in [6, 6.07) is 11.1. The van der Waals surface area contributed by atoms with Crippen LogP contribution in [-0.4, -0.2) is 26.4 Å². The van der Waals surface area contributed by atoms with Gasteiger partial charge in [-0.3, -0.25) is 4.79 Å². The lowest BCUT2D eigenvalue weighted by Gasteiger charge is -2.05. The van der Waals surface area contributed by atoms with Gasteiger partial charge in [0.2, 0.25) is 5.91 Å². The molecule has 0 saturated heterocycles. The van der Waals surface area contributed by atoms with Crippen LogP contribution < -0.4 is 5.32 Å². The molecule has 0 saturated carbocycles. The number of thioether (sulfide) groups is 1. The highest BCUT2D eigenvalue weighted by atomic mass is 35.5. The predicted octanol–water partition coefficient (Wildman–Crippen LogP) is 3.80. The zero-order chi connectivity index (χ0) is 17.8. The average Bonchev–Trinajstić information content (AvgIpc) is 3.20. The molecule has 0 unspecified atom stereocenters. The number of anilines is 1. The first-order valence-electron chi connectivity index (χ1n) is 7.14. The third kappa shape index (κ3) is 3.85. The number of aromatic nitrogens is 3. The molecule has 0 atom stereocenters. The number of nitrogens with one attached hydrogen (secondary N) is 1. The van der Waals surface area contributed by atoms with Gasteiger partial charge in [0, 0.05) is 12.6 Å². The Morgan fingerprint density at radius 1 is 1.40 bits per heavy atom. The lowest BCUT2D eigenvalue weighted by molar-refractivity contribution is -0.113. The smallest absolute Gasteiger partial charge is 0.235 e. The van der Waals surface area contributed by atoms with Gasteiger partial charge < -0.3 is 9.88 Å². The topological polar surface area (TPSA) is 83.6 Å². The summed E-state index contributed by atoms with van der Waals surface area (Å²) >= 11 is 8.78. The number of nitrogens with zero attached hydrogens (tertiary/aromatic N) is 4. The van der Waals surface area contributed by atoms with E-state index in [9.17, 15) is 4.79 Å². The van der Waals surface area contributed by atoms with Gasteiger partial charge in [0.15, 0.2) is 11.0 Å². The van der Waals surface area contributed by atoms with Gasteiger partial charge in [-0.15, -0.1) is 21.5 Å². The Balaban J connectivity index is 1.68. The van der Waals surface area contributed by atoms with E-state index in [0.717, 1.165) is 5.56 Å². The van der Waals surface area contributed by atoms with Gasteiger partial charge in [-0.2, -0.15) is 5.26 Å². The van der Waals surface area contributed by atoms with E-state index in [-0.39, 0.29) is 11.7 Å². The van der Waals surface area contributed by atoms with Crippen LogP contribution in [0.25, 0.3) is 11.4 Å². The van der Waals surface area contributed by atoms with Crippen molar-refractivity contribution in [2.75, 3.05) is 11.1 Å². The molecular weight excluding hydrogens is 378 g/mol. The molecule has 0 aliphatic carbocycles. The molecule has 0 radical (unpaired) electrons. The SMILES string of the molecule is Cn1c(SCC(=O)Nc2sccc2C#N)nnc1-c1ccccc1Cl. The van der Waals surface area contributed by atoms with Crippen LogP contribution in [0, 0.1) is 11.3 Å². The Morgan fingerprint density at radius 3 is 2.96 bits per heavy atom. The third-order valence-corrected chi connectivity index (χ3v) is 5.50. The lowest BCUT2D eigenvalue weighted by Crippen LogP contribution is -2.14. The molecular formula is C16H12ClN5OS2. The maximum Gasteiger partial charge on any atom is 0.235 e. The Hall–Kier alpha value is -2.34. The van der Waals surface area contributed by atoms with E-state index >= 15 is 0 Å². The number of halogens is 1. The summed E-state index contributed by atoms with van der Waals surface area (Å²) in [7, 11) is 1.83. The fraction of sp³-hybridized carbons (Fsp3) is 0.125. The average molecular weight is 390 g/mol. The summed E-state index contributed by atoms with van der Waals surface area (Å²) in [6.45, 7) is 0. The van der Waals surface area contributed by atoms with Gasteiger partial charge in [-0.25, -0.2) is 0 Å². The summed E-state index contributed by atoms with van der Waals surface area (Å²) in [5.41, 5.74) is 1.25. The summed E-state index contributed by atoms with van der Waals surface area (Å²) in [4.78, 5) is 12.1. The first-order chi connectivity index (χ1) is 12.1. The van der Waals surface area contributed by atoms with Crippen LogP contribution in [0.1, 0.15) is 5.56 Å². The highest BCUT2D eigenvalue weighted by Crippen LogP contribution is 2.28. The zero-order valence-electron chi connectivity index (χ0n) is 13.1. The van der Waals surface area contributed by atoms with Crippen LogP contribution in [-0.2, 0) is 11.8 Å². The number of benzene rings is 1. The largest absolute Gasteiger partial charge is 0.316 e. The van der Waals surface area contributed by atoms with E-state index < -0.39 is 0 Å². The lowest BCUT2D eigenvalue weighted by atomic mass is 10.2. The van der Waals surface area contributed by atoms with Crippen molar-refractivity contribution in [1.82, 2.24) is 14.8 Å². The van der Waals surface area contributed by atoms with Crippen molar-refractivity contribution in [2.45, 2.75) is 5.16 Å². The molecule has 2 aromatic heterocycles. The molecule has 0 fully saturated rings. The molecule has 3 rings (SSSR count). The number of carbonyl (C=O) groups excluding carboxylic acids is 1. The van der Waals surface area contributed by atoms with Crippen molar-refractivity contribution >= 4 is 45.6 Å². The van der Waals surface area contributed by atoms with Gasteiger partial charge >= 0.3 is 0 Å². The molecule has 2 heterocycles. The van der Waals surface area contributed by atoms with Crippen LogP contribution in [0.3, 0.4) is 0 Å². The Morgan fingerprint density at radius 2 is 2.20 bits per heavy atom. The predicted molar refractivity (Wildman–Crippen MR) is 99.8 cm³/mol. The summed E-state index contributed by atoms with van der Waals surface area (Å²) < 4.78 is 1.80. The van der Waals surface area contributed by atoms with Crippen molar-refractivity contribution in [3.63, 3.8) is 0 Å². The molecule has 0 aliphatic rings.